The summed E-state index contributed by atoms with van der Waals surface area (Å²) in [5, 5.41) is 0. The van der Waals surface area contributed by atoms with Crippen LogP contribution in [0.25, 0.3) is 0 Å². The molecule has 0 aliphatic carbocycles. The summed E-state index contributed by atoms with van der Waals surface area (Å²) < 4.78 is 10.4. The van der Waals surface area contributed by atoms with Gasteiger partial charge in [-0.2, -0.15) is 0 Å². The number of hydrogen-bond donors (Lipinski definition) is 0. The third-order valence-corrected chi connectivity index (χ3v) is 3.15. The summed E-state index contributed by atoms with van der Waals surface area (Å²) in [4.78, 5) is 22.7. The Morgan fingerprint density at radius 2 is 1.77 bits per heavy atom. The molecule has 0 amide bonds. The van der Waals surface area contributed by atoms with Gasteiger partial charge in [0.2, 0.25) is 5.78 Å². The molecule has 22 heavy (non-hydrogen) atoms. The fourth-order valence-corrected chi connectivity index (χ4v) is 2.02. The first-order chi connectivity index (χ1) is 10.6. The van der Waals surface area contributed by atoms with Crippen molar-refractivity contribution in [3.8, 4) is 5.75 Å². The number of benzene rings is 2. The lowest BCUT2D eigenvalue weighted by Crippen LogP contribution is -2.13. The summed E-state index contributed by atoms with van der Waals surface area (Å²) in [6, 6.07) is 15.1. The van der Waals surface area contributed by atoms with Crippen LogP contribution < -0.4 is 4.74 Å². The van der Waals surface area contributed by atoms with E-state index in [4.69, 9.17) is 9.47 Å². The van der Waals surface area contributed by atoms with E-state index in [2.05, 4.69) is 0 Å². The van der Waals surface area contributed by atoms with E-state index in [-0.39, 0.29) is 12.4 Å². The normalized spacial score (nSPS) is 10.1. The quantitative estimate of drug-likeness (QED) is 0.606. The van der Waals surface area contributed by atoms with Crippen molar-refractivity contribution >= 4 is 11.8 Å². The molecule has 0 bridgehead atoms. The number of ketones is 1. The maximum Gasteiger partial charge on any atom is 0.303 e. The Labute approximate surface area is 129 Å². The number of esters is 1. The van der Waals surface area contributed by atoms with E-state index in [1.54, 1.807) is 12.1 Å². The Kier molecular flexibility index (Phi) is 5.31. The molecule has 0 spiro atoms. The molecule has 2 aromatic carbocycles. The SMILES string of the molecule is CC(=O)OCC(=O)c1ccc(OCc2ccccc2)cc1C. The first-order valence-electron chi connectivity index (χ1n) is 7.00. The fourth-order valence-electron chi connectivity index (χ4n) is 2.02. The molecular formula is C18H18O4. The third kappa shape index (κ3) is 4.45. The first kappa shape index (κ1) is 15.8. The summed E-state index contributed by atoms with van der Waals surface area (Å²) in [5.41, 5.74) is 2.41. The van der Waals surface area contributed by atoms with Crippen LogP contribution in [-0.2, 0) is 16.1 Å². The zero-order chi connectivity index (χ0) is 15.9. The lowest BCUT2D eigenvalue weighted by molar-refractivity contribution is -0.139. The van der Waals surface area contributed by atoms with Crippen LogP contribution in [0.2, 0.25) is 0 Å². The van der Waals surface area contributed by atoms with Crippen LogP contribution in [0.15, 0.2) is 48.5 Å². The van der Waals surface area contributed by atoms with Crippen molar-refractivity contribution in [3.63, 3.8) is 0 Å². The maximum atomic E-state index is 11.9. The van der Waals surface area contributed by atoms with Crippen molar-refractivity contribution < 1.29 is 19.1 Å². The third-order valence-electron chi connectivity index (χ3n) is 3.15. The predicted octanol–water partition coefficient (Wildman–Crippen LogP) is 3.32. The summed E-state index contributed by atoms with van der Waals surface area (Å²) in [5.74, 6) is 0.0153. The smallest absolute Gasteiger partial charge is 0.303 e. The number of hydrogen-bond acceptors (Lipinski definition) is 4. The summed E-state index contributed by atoms with van der Waals surface area (Å²) in [7, 11) is 0. The molecule has 0 aliphatic rings. The van der Waals surface area contributed by atoms with Gasteiger partial charge in [0.05, 0.1) is 0 Å². The van der Waals surface area contributed by atoms with Gasteiger partial charge in [-0.15, -0.1) is 0 Å². The minimum atomic E-state index is -0.464. The molecule has 0 aromatic heterocycles. The summed E-state index contributed by atoms with van der Waals surface area (Å²) in [6.07, 6.45) is 0. The highest BCUT2D eigenvalue weighted by Crippen LogP contribution is 2.19. The predicted molar refractivity (Wildman–Crippen MR) is 82.9 cm³/mol. The monoisotopic (exact) mass is 298 g/mol. The molecule has 0 heterocycles. The zero-order valence-corrected chi connectivity index (χ0v) is 12.7. The van der Waals surface area contributed by atoms with Crippen LogP contribution in [0.1, 0.15) is 28.4 Å². The minimum Gasteiger partial charge on any atom is -0.489 e. The minimum absolute atomic E-state index is 0.220. The Balaban J connectivity index is 2.00. The van der Waals surface area contributed by atoms with E-state index in [0.717, 1.165) is 11.1 Å². The number of aryl methyl sites for hydroxylation is 1. The van der Waals surface area contributed by atoms with Crippen LogP contribution in [0.3, 0.4) is 0 Å². The number of carbonyl (C=O) groups is 2. The molecule has 0 aliphatic heterocycles. The van der Waals surface area contributed by atoms with Crippen LogP contribution in [0, 0.1) is 6.92 Å². The Morgan fingerprint density at radius 3 is 2.41 bits per heavy atom. The van der Waals surface area contributed by atoms with Gasteiger partial charge in [0.25, 0.3) is 0 Å². The van der Waals surface area contributed by atoms with E-state index >= 15 is 0 Å². The number of rotatable bonds is 6. The highest BCUT2D eigenvalue weighted by atomic mass is 16.5. The molecular weight excluding hydrogens is 280 g/mol. The van der Waals surface area contributed by atoms with Crippen molar-refractivity contribution in [2.45, 2.75) is 20.5 Å². The van der Waals surface area contributed by atoms with Crippen LogP contribution in [0.5, 0.6) is 5.75 Å². The topological polar surface area (TPSA) is 52.6 Å². The molecule has 0 saturated heterocycles. The summed E-state index contributed by atoms with van der Waals surface area (Å²) in [6.45, 7) is 3.35. The molecule has 4 heteroatoms. The highest BCUT2D eigenvalue weighted by molar-refractivity contribution is 5.99. The number of ether oxygens (including phenoxy) is 2. The van der Waals surface area contributed by atoms with Crippen LogP contribution in [-0.4, -0.2) is 18.4 Å². The fraction of sp³-hybridized carbons (Fsp3) is 0.222. The molecule has 0 saturated carbocycles. The van der Waals surface area contributed by atoms with Gasteiger partial charge in [-0.05, 0) is 36.2 Å². The van der Waals surface area contributed by atoms with E-state index in [1.165, 1.54) is 6.92 Å². The molecule has 0 unspecified atom stereocenters. The van der Waals surface area contributed by atoms with Gasteiger partial charge in [-0.3, -0.25) is 9.59 Å². The van der Waals surface area contributed by atoms with Gasteiger partial charge in [0, 0.05) is 12.5 Å². The van der Waals surface area contributed by atoms with Crippen LogP contribution >= 0.6 is 0 Å². The number of carbonyl (C=O) groups excluding carboxylic acids is 2. The second kappa shape index (κ2) is 7.41. The van der Waals surface area contributed by atoms with Gasteiger partial charge in [-0.25, -0.2) is 0 Å². The van der Waals surface area contributed by atoms with Crippen molar-refractivity contribution in [2.75, 3.05) is 6.61 Å². The van der Waals surface area contributed by atoms with E-state index < -0.39 is 5.97 Å². The number of Topliss-reactive ketones (excluding diaryl/α,β-unsaturated/α-hetero) is 1. The Bertz CT molecular complexity index is 662. The van der Waals surface area contributed by atoms with E-state index in [9.17, 15) is 9.59 Å². The summed E-state index contributed by atoms with van der Waals surface area (Å²) >= 11 is 0. The highest BCUT2D eigenvalue weighted by Gasteiger charge is 2.11. The Morgan fingerprint density at radius 1 is 1.05 bits per heavy atom. The molecule has 4 nitrogen and oxygen atoms in total. The standard InChI is InChI=1S/C18H18O4/c1-13-10-16(22-11-15-6-4-3-5-7-15)8-9-17(13)18(20)12-21-14(2)19/h3-10H,11-12H2,1-2H3. The molecule has 0 atom stereocenters. The molecule has 2 rings (SSSR count). The zero-order valence-electron chi connectivity index (χ0n) is 12.7. The van der Waals surface area contributed by atoms with E-state index in [0.29, 0.717) is 17.9 Å². The maximum absolute atomic E-state index is 11.9. The lowest BCUT2D eigenvalue weighted by Gasteiger charge is -2.10. The van der Waals surface area contributed by atoms with Crippen molar-refractivity contribution in [3.05, 3.63) is 65.2 Å². The Hall–Kier alpha value is -2.62. The van der Waals surface area contributed by atoms with Gasteiger partial charge >= 0.3 is 5.97 Å². The molecule has 114 valence electrons. The van der Waals surface area contributed by atoms with Gasteiger partial charge in [0.1, 0.15) is 12.4 Å². The second-order valence-electron chi connectivity index (χ2n) is 4.95. The first-order valence-corrected chi connectivity index (χ1v) is 7.00. The molecule has 0 N–H and O–H groups in total. The van der Waals surface area contributed by atoms with Crippen molar-refractivity contribution in [1.29, 1.82) is 0 Å². The van der Waals surface area contributed by atoms with Crippen LogP contribution in [0.4, 0.5) is 0 Å². The largest absolute Gasteiger partial charge is 0.489 e. The molecule has 2 aromatic rings. The van der Waals surface area contributed by atoms with Gasteiger partial charge in [-0.1, -0.05) is 30.3 Å². The van der Waals surface area contributed by atoms with E-state index in [1.807, 2.05) is 43.3 Å². The average Bonchev–Trinajstić information content (AvgIpc) is 2.51. The molecule has 0 fully saturated rings. The van der Waals surface area contributed by atoms with Crippen molar-refractivity contribution in [1.82, 2.24) is 0 Å². The van der Waals surface area contributed by atoms with Crippen molar-refractivity contribution in [2.24, 2.45) is 0 Å². The van der Waals surface area contributed by atoms with Gasteiger partial charge < -0.3 is 9.47 Å². The van der Waals surface area contributed by atoms with Gasteiger partial charge in [0.15, 0.2) is 6.61 Å². The second-order valence-corrected chi connectivity index (χ2v) is 4.95. The lowest BCUT2D eigenvalue weighted by atomic mass is 10.0. The molecule has 0 radical (unpaired) electrons. The average molecular weight is 298 g/mol.